The lowest BCUT2D eigenvalue weighted by Crippen LogP contribution is -2.24. The predicted octanol–water partition coefficient (Wildman–Crippen LogP) is 5.63. The van der Waals surface area contributed by atoms with Crippen LogP contribution in [0, 0.1) is 0 Å². The van der Waals surface area contributed by atoms with Crippen molar-refractivity contribution in [1.82, 2.24) is 5.43 Å². The van der Waals surface area contributed by atoms with Gasteiger partial charge in [-0.05, 0) is 66.1 Å². The van der Waals surface area contributed by atoms with Crippen LogP contribution in [-0.2, 0) is 11.4 Å². The molecule has 0 aliphatic rings. The van der Waals surface area contributed by atoms with Gasteiger partial charge in [-0.3, -0.25) is 4.79 Å². The molecule has 0 aromatic heterocycles. The van der Waals surface area contributed by atoms with Crippen LogP contribution in [0.3, 0.4) is 0 Å². The molecule has 0 saturated carbocycles. The first-order chi connectivity index (χ1) is 16.1. The fourth-order valence-corrected chi connectivity index (χ4v) is 2.88. The monoisotopic (exact) mass is 466 g/mol. The Labute approximate surface area is 199 Å². The van der Waals surface area contributed by atoms with Gasteiger partial charge in [-0.15, -0.1) is 0 Å². The molecule has 7 heteroatoms. The molecule has 1 N–H and O–H groups in total. The molecule has 0 unspecified atom stereocenters. The SMILES string of the molecule is CCCCOc1ccc(OCC(=O)N/N=C/c2cccc(OCc3ccc(Cl)cc3)c2)cc1. The van der Waals surface area contributed by atoms with Crippen LogP contribution >= 0.6 is 11.6 Å². The highest BCUT2D eigenvalue weighted by molar-refractivity contribution is 6.30. The summed E-state index contributed by atoms with van der Waals surface area (Å²) < 4.78 is 16.9. The third-order valence-electron chi connectivity index (χ3n) is 4.54. The second-order valence-corrected chi connectivity index (χ2v) is 7.68. The zero-order valence-electron chi connectivity index (χ0n) is 18.5. The molecule has 33 heavy (non-hydrogen) atoms. The number of hydrogen-bond donors (Lipinski definition) is 1. The Morgan fingerprint density at radius 2 is 1.67 bits per heavy atom. The fraction of sp³-hybridized carbons (Fsp3) is 0.231. The Kier molecular flexibility index (Phi) is 9.61. The average molecular weight is 467 g/mol. The van der Waals surface area contributed by atoms with E-state index in [1.165, 1.54) is 0 Å². The van der Waals surface area contributed by atoms with Crippen molar-refractivity contribution in [2.75, 3.05) is 13.2 Å². The first kappa shape index (κ1) is 24.1. The predicted molar refractivity (Wildman–Crippen MR) is 130 cm³/mol. The van der Waals surface area contributed by atoms with Crippen molar-refractivity contribution in [3.8, 4) is 17.2 Å². The number of hydrazone groups is 1. The molecule has 0 aliphatic heterocycles. The quantitative estimate of drug-likeness (QED) is 0.213. The lowest BCUT2D eigenvalue weighted by molar-refractivity contribution is -0.123. The van der Waals surface area contributed by atoms with Gasteiger partial charge in [-0.1, -0.05) is 49.2 Å². The van der Waals surface area contributed by atoms with E-state index in [4.69, 9.17) is 25.8 Å². The highest BCUT2D eigenvalue weighted by Gasteiger charge is 2.03. The van der Waals surface area contributed by atoms with Gasteiger partial charge in [0, 0.05) is 5.02 Å². The normalized spacial score (nSPS) is 10.7. The lowest BCUT2D eigenvalue weighted by Gasteiger charge is -2.08. The van der Waals surface area contributed by atoms with Crippen LogP contribution in [-0.4, -0.2) is 25.3 Å². The molecule has 0 fully saturated rings. The second-order valence-electron chi connectivity index (χ2n) is 7.24. The fourth-order valence-electron chi connectivity index (χ4n) is 2.76. The standard InChI is InChI=1S/C26H27ClN2O4/c1-2-3-15-31-23-11-13-24(14-12-23)33-19-26(30)29-28-17-21-5-4-6-25(16-21)32-18-20-7-9-22(27)10-8-20/h4-14,16-17H,2-3,15,18-19H2,1H3,(H,29,30)/b28-17+. The average Bonchev–Trinajstić information content (AvgIpc) is 2.84. The Bertz CT molecular complexity index is 1040. The van der Waals surface area contributed by atoms with E-state index in [0.29, 0.717) is 29.7 Å². The van der Waals surface area contributed by atoms with E-state index in [2.05, 4.69) is 17.5 Å². The number of ether oxygens (including phenoxy) is 3. The van der Waals surface area contributed by atoms with Gasteiger partial charge in [0.2, 0.25) is 0 Å². The van der Waals surface area contributed by atoms with E-state index in [-0.39, 0.29) is 12.5 Å². The Balaban J connectivity index is 1.40. The zero-order chi connectivity index (χ0) is 23.3. The largest absolute Gasteiger partial charge is 0.494 e. The number of halogens is 1. The summed E-state index contributed by atoms with van der Waals surface area (Å²) in [5.74, 6) is 1.71. The Morgan fingerprint density at radius 3 is 2.39 bits per heavy atom. The molecule has 0 saturated heterocycles. The summed E-state index contributed by atoms with van der Waals surface area (Å²) in [6.07, 6.45) is 3.65. The molecule has 3 rings (SSSR count). The molecular formula is C26H27ClN2O4. The van der Waals surface area contributed by atoms with E-state index in [0.717, 1.165) is 29.7 Å². The van der Waals surface area contributed by atoms with Crippen LogP contribution in [0.1, 0.15) is 30.9 Å². The molecule has 0 heterocycles. The minimum absolute atomic E-state index is 0.141. The summed E-state index contributed by atoms with van der Waals surface area (Å²) in [4.78, 5) is 12.0. The van der Waals surface area contributed by atoms with Gasteiger partial charge in [0.25, 0.3) is 5.91 Å². The van der Waals surface area contributed by atoms with E-state index in [9.17, 15) is 4.79 Å². The van der Waals surface area contributed by atoms with Crippen LogP contribution in [0.5, 0.6) is 17.2 Å². The molecule has 6 nitrogen and oxygen atoms in total. The van der Waals surface area contributed by atoms with Crippen LogP contribution in [0.4, 0.5) is 0 Å². The van der Waals surface area contributed by atoms with Gasteiger partial charge in [-0.2, -0.15) is 5.10 Å². The number of carbonyl (C=O) groups excluding carboxylic acids is 1. The Hall–Kier alpha value is -3.51. The topological polar surface area (TPSA) is 69.2 Å². The molecule has 0 atom stereocenters. The van der Waals surface area contributed by atoms with E-state index in [1.54, 1.807) is 18.3 Å². The highest BCUT2D eigenvalue weighted by atomic mass is 35.5. The summed E-state index contributed by atoms with van der Waals surface area (Å²) in [5.41, 5.74) is 4.27. The lowest BCUT2D eigenvalue weighted by atomic mass is 10.2. The molecule has 3 aromatic rings. The highest BCUT2D eigenvalue weighted by Crippen LogP contribution is 2.18. The third kappa shape index (κ3) is 8.86. The van der Waals surface area contributed by atoms with Crippen molar-refractivity contribution < 1.29 is 19.0 Å². The molecule has 0 radical (unpaired) electrons. The number of carbonyl (C=O) groups is 1. The molecule has 0 aliphatic carbocycles. The van der Waals surface area contributed by atoms with Crippen molar-refractivity contribution in [3.63, 3.8) is 0 Å². The van der Waals surface area contributed by atoms with Crippen LogP contribution in [0.15, 0.2) is 77.9 Å². The number of amides is 1. The molecular weight excluding hydrogens is 440 g/mol. The maximum absolute atomic E-state index is 12.0. The van der Waals surface area contributed by atoms with Gasteiger partial charge in [-0.25, -0.2) is 5.43 Å². The first-order valence-corrected chi connectivity index (χ1v) is 11.1. The number of nitrogens with one attached hydrogen (secondary N) is 1. The molecule has 0 bridgehead atoms. The molecule has 172 valence electrons. The maximum Gasteiger partial charge on any atom is 0.277 e. The minimum atomic E-state index is -0.357. The van der Waals surface area contributed by atoms with E-state index < -0.39 is 0 Å². The summed E-state index contributed by atoms with van der Waals surface area (Å²) in [6, 6.07) is 22.1. The van der Waals surface area contributed by atoms with Crippen LogP contribution in [0.25, 0.3) is 0 Å². The van der Waals surface area contributed by atoms with Gasteiger partial charge in [0.1, 0.15) is 23.9 Å². The van der Waals surface area contributed by atoms with Crippen molar-refractivity contribution in [1.29, 1.82) is 0 Å². The van der Waals surface area contributed by atoms with Crippen LogP contribution < -0.4 is 19.6 Å². The van der Waals surface area contributed by atoms with Crippen molar-refractivity contribution in [2.24, 2.45) is 5.10 Å². The smallest absolute Gasteiger partial charge is 0.277 e. The van der Waals surface area contributed by atoms with Gasteiger partial charge < -0.3 is 14.2 Å². The minimum Gasteiger partial charge on any atom is -0.494 e. The molecule has 0 spiro atoms. The number of benzene rings is 3. The van der Waals surface area contributed by atoms with E-state index >= 15 is 0 Å². The summed E-state index contributed by atoms with van der Waals surface area (Å²) >= 11 is 5.90. The second kappa shape index (κ2) is 13.1. The van der Waals surface area contributed by atoms with Gasteiger partial charge >= 0.3 is 0 Å². The molecule has 3 aromatic carbocycles. The zero-order valence-corrected chi connectivity index (χ0v) is 19.3. The van der Waals surface area contributed by atoms with Gasteiger partial charge in [0.15, 0.2) is 6.61 Å². The summed E-state index contributed by atoms with van der Waals surface area (Å²) in [5, 5.41) is 4.67. The van der Waals surface area contributed by atoms with E-state index in [1.807, 2.05) is 60.7 Å². The summed E-state index contributed by atoms with van der Waals surface area (Å²) in [7, 11) is 0. The number of hydrogen-bond acceptors (Lipinski definition) is 5. The van der Waals surface area contributed by atoms with Gasteiger partial charge in [0.05, 0.1) is 12.8 Å². The van der Waals surface area contributed by atoms with Crippen molar-refractivity contribution >= 4 is 23.7 Å². The van der Waals surface area contributed by atoms with Crippen LogP contribution in [0.2, 0.25) is 5.02 Å². The Morgan fingerprint density at radius 1 is 0.939 bits per heavy atom. The van der Waals surface area contributed by atoms with Crippen molar-refractivity contribution in [2.45, 2.75) is 26.4 Å². The number of unbranched alkanes of at least 4 members (excludes halogenated alkanes) is 1. The molecule has 1 amide bonds. The maximum atomic E-state index is 12.0. The number of nitrogens with zero attached hydrogens (tertiary/aromatic N) is 1. The number of rotatable bonds is 12. The van der Waals surface area contributed by atoms with Crippen molar-refractivity contribution in [3.05, 3.63) is 88.9 Å². The first-order valence-electron chi connectivity index (χ1n) is 10.8. The third-order valence-corrected chi connectivity index (χ3v) is 4.79. The summed E-state index contributed by atoms with van der Waals surface area (Å²) in [6.45, 7) is 3.09.